The van der Waals surface area contributed by atoms with E-state index >= 15 is 0 Å². The largest absolute Gasteiger partial charge is 0.497 e. The standard InChI is InChI=1S/C27H28ClNO5/c1-5-34-27(31)24-15(2)29-21-12-17(16-6-8-18(28)9-7-16)13-22(30)26(21)25(24)20-14-19(32-3)10-11-23(20)33-4/h6-11,14,17,24-25H,5,12-13H2,1-4H3/t17-,24?,25+/m1/s1. The molecule has 0 bridgehead atoms. The molecule has 0 N–H and O–H groups in total. The van der Waals surface area contributed by atoms with Crippen LogP contribution in [0, 0.1) is 5.92 Å². The Morgan fingerprint density at radius 2 is 1.82 bits per heavy atom. The zero-order valence-electron chi connectivity index (χ0n) is 19.8. The summed E-state index contributed by atoms with van der Waals surface area (Å²) in [6, 6.07) is 13.0. The molecule has 2 aliphatic rings. The highest BCUT2D eigenvalue weighted by atomic mass is 35.5. The van der Waals surface area contributed by atoms with Gasteiger partial charge in [0, 0.05) is 39.9 Å². The minimum absolute atomic E-state index is 0.00735. The highest BCUT2D eigenvalue weighted by Gasteiger charge is 2.45. The van der Waals surface area contributed by atoms with Crippen LogP contribution in [0.15, 0.2) is 58.7 Å². The highest BCUT2D eigenvalue weighted by molar-refractivity contribution is 6.30. The maximum absolute atomic E-state index is 13.7. The molecule has 1 unspecified atom stereocenters. The van der Waals surface area contributed by atoms with Gasteiger partial charge in [-0.15, -0.1) is 0 Å². The van der Waals surface area contributed by atoms with E-state index in [2.05, 4.69) is 0 Å². The second-order valence-corrected chi connectivity index (χ2v) is 8.95. The van der Waals surface area contributed by atoms with Crippen LogP contribution in [0.25, 0.3) is 0 Å². The number of hydrogen-bond donors (Lipinski definition) is 0. The number of carbonyl (C=O) groups excluding carboxylic acids is 2. The van der Waals surface area contributed by atoms with Gasteiger partial charge < -0.3 is 14.2 Å². The first-order valence-electron chi connectivity index (χ1n) is 11.3. The van der Waals surface area contributed by atoms with Gasteiger partial charge in [0.05, 0.1) is 20.8 Å². The first-order chi connectivity index (χ1) is 16.4. The molecule has 7 heteroatoms. The minimum Gasteiger partial charge on any atom is -0.497 e. The molecule has 0 saturated carbocycles. The molecule has 2 aromatic rings. The molecule has 1 aliphatic carbocycles. The van der Waals surface area contributed by atoms with Gasteiger partial charge in [-0.3, -0.25) is 14.6 Å². The molecule has 2 aromatic carbocycles. The van der Waals surface area contributed by atoms with E-state index in [9.17, 15) is 9.59 Å². The number of ketones is 1. The van der Waals surface area contributed by atoms with Crippen LogP contribution >= 0.6 is 11.6 Å². The topological polar surface area (TPSA) is 74.2 Å². The molecule has 6 nitrogen and oxygen atoms in total. The second-order valence-electron chi connectivity index (χ2n) is 8.51. The molecule has 1 heterocycles. The van der Waals surface area contributed by atoms with Gasteiger partial charge in [0.25, 0.3) is 0 Å². The van der Waals surface area contributed by atoms with Crippen molar-refractivity contribution in [1.29, 1.82) is 0 Å². The number of carbonyl (C=O) groups is 2. The summed E-state index contributed by atoms with van der Waals surface area (Å²) in [4.78, 5) is 31.6. The van der Waals surface area contributed by atoms with Gasteiger partial charge in [0.15, 0.2) is 5.78 Å². The average molecular weight is 482 g/mol. The fourth-order valence-corrected chi connectivity index (χ4v) is 5.11. The van der Waals surface area contributed by atoms with Gasteiger partial charge in [-0.2, -0.15) is 0 Å². The highest BCUT2D eigenvalue weighted by Crippen LogP contribution is 2.49. The van der Waals surface area contributed by atoms with Gasteiger partial charge in [-0.25, -0.2) is 0 Å². The van der Waals surface area contributed by atoms with Crippen LogP contribution < -0.4 is 9.47 Å². The van der Waals surface area contributed by atoms with Crippen LogP contribution in [-0.4, -0.2) is 38.3 Å². The van der Waals surface area contributed by atoms with E-state index in [1.54, 1.807) is 33.3 Å². The lowest BCUT2D eigenvalue weighted by molar-refractivity contribution is -0.146. The summed E-state index contributed by atoms with van der Waals surface area (Å²) in [7, 11) is 3.15. The van der Waals surface area contributed by atoms with E-state index in [0.717, 1.165) is 5.56 Å². The summed E-state index contributed by atoms with van der Waals surface area (Å²) in [5.41, 5.74) is 3.64. The van der Waals surface area contributed by atoms with Crippen molar-refractivity contribution in [2.24, 2.45) is 10.9 Å². The number of esters is 1. The summed E-state index contributed by atoms with van der Waals surface area (Å²) in [5.74, 6) is -0.546. The molecule has 0 saturated heterocycles. The molecule has 0 radical (unpaired) electrons. The summed E-state index contributed by atoms with van der Waals surface area (Å²) in [6.07, 6.45) is 0.922. The van der Waals surface area contributed by atoms with E-state index in [0.29, 0.717) is 51.9 Å². The summed E-state index contributed by atoms with van der Waals surface area (Å²) < 4.78 is 16.5. The maximum atomic E-state index is 13.7. The molecule has 0 aromatic heterocycles. The average Bonchev–Trinajstić information content (AvgIpc) is 2.83. The summed E-state index contributed by atoms with van der Waals surface area (Å²) in [5, 5.41) is 0.653. The van der Waals surface area contributed by atoms with Gasteiger partial charge in [-0.1, -0.05) is 23.7 Å². The molecule has 4 rings (SSSR count). The fourth-order valence-electron chi connectivity index (χ4n) is 4.99. The van der Waals surface area contributed by atoms with Crippen molar-refractivity contribution < 1.29 is 23.8 Å². The monoisotopic (exact) mass is 481 g/mol. The Kier molecular flexibility index (Phi) is 7.08. The molecule has 0 fully saturated rings. The van der Waals surface area contributed by atoms with Crippen molar-refractivity contribution in [1.82, 2.24) is 0 Å². The Bertz CT molecular complexity index is 1170. The lowest BCUT2D eigenvalue weighted by atomic mass is 9.69. The van der Waals surface area contributed by atoms with Gasteiger partial charge in [0.2, 0.25) is 0 Å². The van der Waals surface area contributed by atoms with Crippen molar-refractivity contribution >= 4 is 29.1 Å². The predicted molar refractivity (Wildman–Crippen MR) is 131 cm³/mol. The second kappa shape index (κ2) is 10.0. The third kappa shape index (κ3) is 4.47. The quantitative estimate of drug-likeness (QED) is 0.509. The maximum Gasteiger partial charge on any atom is 0.315 e. The number of methoxy groups -OCH3 is 2. The molecule has 0 spiro atoms. The van der Waals surface area contributed by atoms with Crippen molar-refractivity contribution in [2.75, 3.05) is 20.8 Å². The lowest BCUT2D eigenvalue weighted by Gasteiger charge is -2.37. The van der Waals surface area contributed by atoms with Crippen molar-refractivity contribution in [3.05, 3.63) is 69.9 Å². The fraction of sp³-hybridized carbons (Fsp3) is 0.370. The molecule has 0 amide bonds. The number of aliphatic imine (C=N–C) groups is 1. The van der Waals surface area contributed by atoms with Crippen molar-refractivity contribution in [3.8, 4) is 11.5 Å². The Balaban J connectivity index is 1.86. The first kappa shape index (κ1) is 24.0. The number of halogens is 1. The Morgan fingerprint density at radius 3 is 2.47 bits per heavy atom. The number of nitrogens with zero attached hydrogens (tertiary/aromatic N) is 1. The molecule has 34 heavy (non-hydrogen) atoms. The number of ether oxygens (including phenoxy) is 3. The van der Waals surface area contributed by atoms with Crippen LogP contribution in [0.3, 0.4) is 0 Å². The van der Waals surface area contributed by atoms with Crippen LogP contribution in [0.1, 0.15) is 49.7 Å². The predicted octanol–water partition coefficient (Wildman–Crippen LogP) is 5.50. The smallest absolute Gasteiger partial charge is 0.315 e. The van der Waals surface area contributed by atoms with E-state index in [-0.39, 0.29) is 18.3 Å². The van der Waals surface area contributed by atoms with E-state index in [4.69, 9.17) is 30.8 Å². The number of hydrogen-bond acceptors (Lipinski definition) is 6. The van der Waals surface area contributed by atoms with Gasteiger partial charge in [0.1, 0.15) is 17.4 Å². The minimum atomic E-state index is -0.726. The lowest BCUT2D eigenvalue weighted by Crippen LogP contribution is -2.38. The van der Waals surface area contributed by atoms with Crippen molar-refractivity contribution in [3.63, 3.8) is 0 Å². The number of benzene rings is 2. The molecule has 1 aliphatic heterocycles. The van der Waals surface area contributed by atoms with Crippen LogP contribution in [0.2, 0.25) is 5.02 Å². The van der Waals surface area contributed by atoms with Gasteiger partial charge >= 0.3 is 5.97 Å². The van der Waals surface area contributed by atoms with E-state index in [1.807, 2.05) is 37.3 Å². The van der Waals surface area contributed by atoms with Crippen molar-refractivity contribution in [2.45, 2.75) is 38.5 Å². The molecule has 178 valence electrons. The number of rotatable bonds is 6. The van der Waals surface area contributed by atoms with E-state index in [1.165, 1.54) is 0 Å². The zero-order chi connectivity index (χ0) is 24.4. The number of allylic oxidation sites excluding steroid dienone is 2. The van der Waals surface area contributed by atoms with Crippen LogP contribution in [0.5, 0.6) is 11.5 Å². The molecular formula is C27H28ClNO5. The van der Waals surface area contributed by atoms with Crippen LogP contribution in [0.4, 0.5) is 0 Å². The molecule has 3 atom stereocenters. The number of Topliss-reactive ketones (excluding diaryl/α,β-unsaturated/α-hetero) is 1. The molecular weight excluding hydrogens is 454 g/mol. The first-order valence-corrected chi connectivity index (χ1v) is 11.7. The van der Waals surface area contributed by atoms with Gasteiger partial charge in [-0.05, 0) is 62.1 Å². The Labute approximate surface area is 204 Å². The SMILES string of the molecule is CCOC(=O)C1C(C)=NC2=C(C(=O)C[C@H](c3ccc(Cl)cc3)C2)[C@H]1c1cc(OC)ccc1OC. The zero-order valence-corrected chi connectivity index (χ0v) is 20.5. The normalized spacial score (nSPS) is 22.1. The Hall–Kier alpha value is -3.12. The summed E-state index contributed by atoms with van der Waals surface area (Å²) in [6.45, 7) is 3.83. The Morgan fingerprint density at radius 1 is 1.09 bits per heavy atom. The summed E-state index contributed by atoms with van der Waals surface area (Å²) >= 11 is 6.06. The third-order valence-corrected chi connectivity index (χ3v) is 6.79. The third-order valence-electron chi connectivity index (χ3n) is 6.54. The van der Waals surface area contributed by atoms with Crippen LogP contribution in [-0.2, 0) is 14.3 Å². The van der Waals surface area contributed by atoms with E-state index < -0.39 is 17.8 Å².